The fourth-order valence-electron chi connectivity index (χ4n) is 6.97. The summed E-state index contributed by atoms with van der Waals surface area (Å²) < 4.78 is 5.92. The summed E-state index contributed by atoms with van der Waals surface area (Å²) >= 11 is 0. The lowest BCUT2D eigenvalue weighted by molar-refractivity contribution is 0.0273. The van der Waals surface area contributed by atoms with E-state index in [1.807, 2.05) is 42.5 Å². The lowest BCUT2D eigenvalue weighted by atomic mass is 9.88. The molecule has 7 nitrogen and oxygen atoms in total. The van der Waals surface area contributed by atoms with Crippen LogP contribution in [0, 0.1) is 11.3 Å². The van der Waals surface area contributed by atoms with Crippen molar-refractivity contribution in [2.75, 3.05) is 0 Å². The van der Waals surface area contributed by atoms with Gasteiger partial charge in [0.15, 0.2) is 0 Å². The highest BCUT2D eigenvalue weighted by Crippen LogP contribution is 2.46. The highest BCUT2D eigenvalue weighted by molar-refractivity contribution is 5.28. The van der Waals surface area contributed by atoms with Crippen molar-refractivity contribution >= 4 is 0 Å². The van der Waals surface area contributed by atoms with E-state index in [-0.39, 0.29) is 17.3 Å². The van der Waals surface area contributed by atoms with E-state index >= 15 is 0 Å². The Hall–Kier alpha value is -3.78. The molecule has 244 valence electrons. The molecule has 0 spiro atoms. The molecule has 4 aromatic rings. The van der Waals surface area contributed by atoms with Crippen molar-refractivity contribution in [1.82, 2.24) is 14.9 Å². The predicted octanol–water partition coefficient (Wildman–Crippen LogP) is 7.78. The summed E-state index contributed by atoms with van der Waals surface area (Å²) in [5.74, 6) is 1.09. The minimum absolute atomic E-state index is 0.0380. The summed E-state index contributed by atoms with van der Waals surface area (Å²) in [6, 6.07) is 24.1. The number of aromatic nitrogens is 2. The molecule has 0 amide bonds. The van der Waals surface area contributed by atoms with Gasteiger partial charge in [0.1, 0.15) is 18.1 Å². The average molecular weight is 624 g/mol. The van der Waals surface area contributed by atoms with Gasteiger partial charge in [0.2, 0.25) is 0 Å². The van der Waals surface area contributed by atoms with E-state index < -0.39 is 12.2 Å². The van der Waals surface area contributed by atoms with Gasteiger partial charge in [-0.25, -0.2) is 0 Å². The molecule has 0 unspecified atom stereocenters. The molecular weight excluding hydrogens is 574 g/mol. The first kappa shape index (κ1) is 33.6. The average Bonchev–Trinajstić information content (AvgIpc) is 3.57. The van der Waals surface area contributed by atoms with E-state index in [0.29, 0.717) is 23.7 Å². The molecular formula is C39H49N3O4. The fourth-order valence-corrected chi connectivity index (χ4v) is 6.97. The molecule has 1 saturated heterocycles. The second-order valence-electron chi connectivity index (χ2n) is 14.3. The van der Waals surface area contributed by atoms with Gasteiger partial charge in [-0.1, -0.05) is 74.5 Å². The Morgan fingerprint density at radius 3 is 2.04 bits per heavy atom. The molecule has 1 aliphatic heterocycles. The van der Waals surface area contributed by atoms with Crippen molar-refractivity contribution in [3.05, 3.63) is 120 Å². The van der Waals surface area contributed by atoms with Crippen LogP contribution in [0.15, 0.2) is 97.6 Å². The molecule has 1 aliphatic carbocycles. The van der Waals surface area contributed by atoms with Crippen LogP contribution in [0.5, 0.6) is 11.5 Å². The molecule has 2 aliphatic rings. The zero-order valence-electron chi connectivity index (χ0n) is 27.6. The van der Waals surface area contributed by atoms with Crippen LogP contribution in [0.1, 0.15) is 94.3 Å². The highest BCUT2D eigenvalue weighted by Gasteiger charge is 2.43. The van der Waals surface area contributed by atoms with Crippen molar-refractivity contribution in [2.24, 2.45) is 11.3 Å². The van der Waals surface area contributed by atoms with Crippen molar-refractivity contribution < 1.29 is 20.1 Å². The van der Waals surface area contributed by atoms with Gasteiger partial charge < -0.3 is 20.1 Å². The second-order valence-corrected chi connectivity index (χ2v) is 14.3. The number of aliphatic hydroxyl groups excluding tert-OH is 2. The number of nitrogens with zero attached hydrogens (tertiary/aromatic N) is 3. The van der Waals surface area contributed by atoms with Crippen LogP contribution in [0.4, 0.5) is 0 Å². The smallest absolute Gasteiger partial charge is 0.138 e. The molecule has 6 rings (SSSR count). The lowest BCUT2D eigenvalue weighted by Gasteiger charge is -2.38. The predicted molar refractivity (Wildman–Crippen MR) is 181 cm³/mol. The summed E-state index contributed by atoms with van der Waals surface area (Å²) in [4.78, 5) is 10.7. The van der Waals surface area contributed by atoms with E-state index in [4.69, 9.17) is 4.74 Å². The maximum absolute atomic E-state index is 11.3. The van der Waals surface area contributed by atoms with Gasteiger partial charge in [-0.15, -0.1) is 0 Å². The minimum Gasteiger partial charge on any atom is -0.506 e. The number of hydrogen-bond donors (Lipinski definition) is 3. The molecule has 2 aromatic carbocycles. The zero-order valence-corrected chi connectivity index (χ0v) is 27.6. The first-order valence-corrected chi connectivity index (χ1v) is 16.4. The van der Waals surface area contributed by atoms with Gasteiger partial charge in [-0.2, -0.15) is 0 Å². The number of pyridine rings is 2. The summed E-state index contributed by atoms with van der Waals surface area (Å²) in [7, 11) is 0. The van der Waals surface area contributed by atoms with Crippen molar-refractivity contribution in [3.63, 3.8) is 0 Å². The quantitative estimate of drug-likeness (QED) is 0.175. The van der Waals surface area contributed by atoms with Crippen molar-refractivity contribution in [2.45, 2.75) is 96.7 Å². The maximum Gasteiger partial charge on any atom is 0.138 e. The number of aromatic hydroxyl groups is 1. The van der Waals surface area contributed by atoms with E-state index in [1.165, 1.54) is 11.8 Å². The number of hydrogen-bond acceptors (Lipinski definition) is 7. The van der Waals surface area contributed by atoms with Crippen LogP contribution < -0.4 is 4.74 Å². The molecule has 2 aromatic heterocycles. The molecule has 3 N–H and O–H groups in total. The van der Waals surface area contributed by atoms with Crippen molar-refractivity contribution in [3.8, 4) is 11.5 Å². The third-order valence-corrected chi connectivity index (χ3v) is 9.65. The maximum atomic E-state index is 11.3. The number of rotatable bonds is 9. The second kappa shape index (κ2) is 14.8. The fraction of sp³-hybridized carbons (Fsp3) is 0.436. The van der Waals surface area contributed by atoms with Gasteiger partial charge in [0.25, 0.3) is 0 Å². The van der Waals surface area contributed by atoms with Gasteiger partial charge >= 0.3 is 0 Å². The van der Waals surface area contributed by atoms with Crippen molar-refractivity contribution in [1.29, 1.82) is 0 Å². The number of aliphatic hydroxyl groups is 2. The molecule has 7 heteroatoms. The first-order chi connectivity index (χ1) is 22.0. The summed E-state index contributed by atoms with van der Waals surface area (Å²) in [6.45, 7) is 10.3. The first-order valence-electron chi connectivity index (χ1n) is 16.4. The number of ether oxygens (including phenoxy) is 1. The number of benzene rings is 2. The largest absolute Gasteiger partial charge is 0.506 e. The Kier molecular flexibility index (Phi) is 10.8. The van der Waals surface area contributed by atoms with E-state index in [1.54, 1.807) is 24.7 Å². The van der Waals surface area contributed by atoms with Crippen LogP contribution in [0.2, 0.25) is 0 Å². The molecule has 4 atom stereocenters. The normalized spacial score (nSPS) is 21.6. The number of likely N-dealkylation sites (tertiary alicyclic amines) is 1. The van der Waals surface area contributed by atoms with E-state index in [2.05, 4.69) is 66.8 Å². The molecule has 2 fully saturated rings. The van der Waals surface area contributed by atoms with Crippen LogP contribution in [0.25, 0.3) is 0 Å². The van der Waals surface area contributed by atoms with Gasteiger partial charge in [0.05, 0.1) is 24.6 Å². The Balaban J connectivity index is 0.000000219. The Bertz CT molecular complexity index is 1530. The van der Waals surface area contributed by atoms with Gasteiger partial charge in [0, 0.05) is 41.6 Å². The van der Waals surface area contributed by atoms with E-state index in [0.717, 1.165) is 55.3 Å². The Morgan fingerprint density at radius 2 is 1.41 bits per heavy atom. The lowest BCUT2D eigenvalue weighted by Crippen LogP contribution is -2.44. The summed E-state index contributed by atoms with van der Waals surface area (Å²) in [6.07, 6.45) is 10.6. The van der Waals surface area contributed by atoms with Gasteiger partial charge in [-0.05, 0) is 80.5 Å². The van der Waals surface area contributed by atoms with Crippen LogP contribution in [0.3, 0.4) is 0 Å². The van der Waals surface area contributed by atoms with Crippen LogP contribution in [-0.2, 0) is 13.2 Å². The van der Waals surface area contributed by atoms with Gasteiger partial charge in [-0.3, -0.25) is 14.9 Å². The molecule has 46 heavy (non-hydrogen) atoms. The third kappa shape index (κ3) is 8.72. The Morgan fingerprint density at radius 1 is 0.783 bits per heavy atom. The standard InChI is InChI=1S/C26H30N2O2.C13H19NO2/c1-26(2)14-13-24(28(26)18-20-9-5-3-6-10-20)25(29)22-15-23(17-27-16-22)30-19-21-11-7-4-8-12-21;1-13(2)4-3-9(6-13)12(16)10-5-11(15)8-14-7-10/h3-12,15-17,24-25,29H,13-14,18-19H2,1-2H3;5,7-9,12,15-16H,3-4,6H2,1-2H3/t24-,25+;9-,12-/m10/s1. The topological polar surface area (TPSA) is 98.9 Å². The van der Waals surface area contributed by atoms with Crippen LogP contribution >= 0.6 is 0 Å². The molecule has 1 saturated carbocycles. The van der Waals surface area contributed by atoms with E-state index in [9.17, 15) is 15.3 Å². The summed E-state index contributed by atoms with van der Waals surface area (Å²) in [5.41, 5.74) is 4.27. The molecule has 0 bridgehead atoms. The molecule has 3 heterocycles. The zero-order chi connectivity index (χ0) is 32.7. The molecule has 0 radical (unpaired) electrons. The summed E-state index contributed by atoms with van der Waals surface area (Å²) in [5, 5.41) is 30.8. The van der Waals surface area contributed by atoms with Crippen LogP contribution in [-0.4, -0.2) is 41.8 Å². The SMILES string of the molecule is CC1(C)CC[C@H]([C@@H](O)c2cncc(OCc3ccccc3)c2)N1Cc1ccccc1.CC1(C)CC[C@H]([C@H](O)c2cncc(O)c2)C1. The minimum atomic E-state index is -0.608. The monoisotopic (exact) mass is 623 g/mol. The highest BCUT2D eigenvalue weighted by atomic mass is 16.5. The third-order valence-electron chi connectivity index (χ3n) is 9.65. The Labute approximate surface area is 273 Å².